The van der Waals surface area contributed by atoms with E-state index >= 15 is 0 Å². The Balaban J connectivity index is 1.93. The van der Waals surface area contributed by atoms with E-state index in [1.54, 1.807) is 0 Å². The fraction of sp³-hybridized carbons (Fsp3) is 1.00. The van der Waals surface area contributed by atoms with Crippen molar-refractivity contribution in [3.63, 3.8) is 0 Å². The molecule has 2 nitrogen and oxygen atoms in total. The number of aliphatic hydroxyl groups excluding tert-OH is 1. The van der Waals surface area contributed by atoms with Crippen LogP contribution in [0.3, 0.4) is 0 Å². The van der Waals surface area contributed by atoms with Crippen LogP contribution in [0.4, 0.5) is 0 Å². The van der Waals surface area contributed by atoms with Crippen molar-refractivity contribution in [1.82, 2.24) is 0 Å². The van der Waals surface area contributed by atoms with E-state index in [4.69, 9.17) is 10.8 Å². The maximum atomic E-state index is 9.15. The Bertz CT molecular complexity index is 167. The standard InChI is InChI=1S/C10H19NO/c11-10(7-12)5-1-2-9(6-10)8-3-4-8/h8-9,12H,1-7,11H2. The first-order valence-corrected chi connectivity index (χ1v) is 5.13. The molecule has 0 spiro atoms. The minimum atomic E-state index is -0.231. The molecule has 0 aromatic heterocycles. The molecule has 3 N–H and O–H groups in total. The van der Waals surface area contributed by atoms with Crippen molar-refractivity contribution < 1.29 is 5.11 Å². The van der Waals surface area contributed by atoms with Gasteiger partial charge in [-0.3, -0.25) is 0 Å². The molecule has 2 heteroatoms. The molecule has 0 heterocycles. The number of aliphatic hydroxyl groups is 1. The van der Waals surface area contributed by atoms with Gasteiger partial charge in [0.15, 0.2) is 0 Å². The zero-order valence-electron chi connectivity index (χ0n) is 7.63. The van der Waals surface area contributed by atoms with Crippen molar-refractivity contribution in [2.45, 2.75) is 44.1 Å². The summed E-state index contributed by atoms with van der Waals surface area (Å²) in [5.74, 6) is 1.79. The van der Waals surface area contributed by atoms with E-state index in [2.05, 4.69) is 0 Å². The SMILES string of the molecule is NC1(CO)CCCC(C2CC2)C1. The maximum absolute atomic E-state index is 9.15. The number of nitrogens with two attached hydrogens (primary N) is 1. The second kappa shape index (κ2) is 3.00. The normalized spacial score (nSPS) is 43.0. The second-order valence-electron chi connectivity index (χ2n) is 4.71. The smallest absolute Gasteiger partial charge is 0.0611 e. The Morgan fingerprint density at radius 1 is 1.25 bits per heavy atom. The molecule has 12 heavy (non-hydrogen) atoms. The van der Waals surface area contributed by atoms with Gasteiger partial charge >= 0.3 is 0 Å². The Morgan fingerprint density at radius 3 is 2.58 bits per heavy atom. The first kappa shape index (κ1) is 8.52. The average Bonchev–Trinajstić information content (AvgIpc) is 2.87. The van der Waals surface area contributed by atoms with Gasteiger partial charge in [-0.2, -0.15) is 0 Å². The molecule has 2 rings (SSSR count). The largest absolute Gasteiger partial charge is 0.394 e. The Hall–Kier alpha value is -0.0800. The van der Waals surface area contributed by atoms with Gasteiger partial charge in [0.2, 0.25) is 0 Å². The van der Waals surface area contributed by atoms with Gasteiger partial charge in [-0.25, -0.2) is 0 Å². The first-order chi connectivity index (χ1) is 5.73. The fourth-order valence-corrected chi connectivity index (χ4v) is 2.56. The van der Waals surface area contributed by atoms with Crippen LogP contribution < -0.4 is 5.73 Å². The van der Waals surface area contributed by atoms with Crippen molar-refractivity contribution in [3.05, 3.63) is 0 Å². The summed E-state index contributed by atoms with van der Waals surface area (Å²) in [6.07, 6.45) is 7.47. The summed E-state index contributed by atoms with van der Waals surface area (Å²) in [5.41, 5.74) is 5.83. The van der Waals surface area contributed by atoms with Crippen molar-refractivity contribution in [3.8, 4) is 0 Å². The van der Waals surface area contributed by atoms with Crippen molar-refractivity contribution in [2.75, 3.05) is 6.61 Å². The first-order valence-electron chi connectivity index (χ1n) is 5.13. The van der Waals surface area contributed by atoms with Crippen LogP contribution in [0.1, 0.15) is 38.5 Å². The van der Waals surface area contributed by atoms with Crippen LogP contribution in [0, 0.1) is 11.8 Å². The molecule has 2 aliphatic rings. The molecular formula is C10H19NO. The summed E-state index contributed by atoms with van der Waals surface area (Å²) in [6, 6.07) is 0. The van der Waals surface area contributed by atoms with E-state index in [1.165, 1.54) is 25.7 Å². The molecule has 0 aromatic rings. The number of hydrogen-bond acceptors (Lipinski definition) is 2. The Labute approximate surface area is 74.1 Å². The summed E-state index contributed by atoms with van der Waals surface area (Å²) in [4.78, 5) is 0. The van der Waals surface area contributed by atoms with Crippen LogP contribution in [0.15, 0.2) is 0 Å². The van der Waals surface area contributed by atoms with Crippen LogP contribution in [0.25, 0.3) is 0 Å². The Morgan fingerprint density at radius 2 is 2.00 bits per heavy atom. The molecule has 2 fully saturated rings. The molecule has 2 aliphatic carbocycles. The topological polar surface area (TPSA) is 46.2 Å². The number of hydrogen-bond donors (Lipinski definition) is 2. The lowest BCUT2D eigenvalue weighted by atomic mass is 9.75. The highest BCUT2D eigenvalue weighted by atomic mass is 16.3. The molecule has 0 aliphatic heterocycles. The second-order valence-corrected chi connectivity index (χ2v) is 4.71. The highest BCUT2D eigenvalue weighted by molar-refractivity contribution is 4.94. The van der Waals surface area contributed by atoms with Gasteiger partial charge in [0.25, 0.3) is 0 Å². The summed E-state index contributed by atoms with van der Waals surface area (Å²) in [7, 11) is 0. The van der Waals surface area contributed by atoms with Gasteiger partial charge in [0, 0.05) is 5.54 Å². The molecule has 2 unspecified atom stereocenters. The zero-order valence-corrected chi connectivity index (χ0v) is 7.63. The molecular weight excluding hydrogens is 150 g/mol. The van der Waals surface area contributed by atoms with Crippen LogP contribution in [-0.2, 0) is 0 Å². The van der Waals surface area contributed by atoms with Crippen LogP contribution in [0.2, 0.25) is 0 Å². The van der Waals surface area contributed by atoms with Crippen molar-refractivity contribution in [1.29, 1.82) is 0 Å². The van der Waals surface area contributed by atoms with Gasteiger partial charge in [-0.1, -0.05) is 12.8 Å². The van der Waals surface area contributed by atoms with E-state index in [1.807, 2.05) is 0 Å². The molecule has 70 valence electrons. The lowest BCUT2D eigenvalue weighted by Gasteiger charge is -2.36. The molecule has 0 amide bonds. The van der Waals surface area contributed by atoms with E-state index < -0.39 is 0 Å². The third-order valence-corrected chi connectivity index (χ3v) is 3.52. The van der Waals surface area contributed by atoms with Gasteiger partial charge < -0.3 is 10.8 Å². The number of rotatable bonds is 2. The predicted molar refractivity (Wildman–Crippen MR) is 48.7 cm³/mol. The van der Waals surface area contributed by atoms with Crippen molar-refractivity contribution in [2.24, 2.45) is 17.6 Å². The predicted octanol–water partition coefficient (Wildman–Crippen LogP) is 1.28. The van der Waals surface area contributed by atoms with E-state index in [0.717, 1.165) is 24.7 Å². The van der Waals surface area contributed by atoms with Crippen LogP contribution in [0.5, 0.6) is 0 Å². The average molecular weight is 169 g/mol. The molecule has 0 bridgehead atoms. The molecule has 0 radical (unpaired) electrons. The Kier molecular flexibility index (Phi) is 2.13. The summed E-state index contributed by atoms with van der Waals surface area (Å²) < 4.78 is 0. The maximum Gasteiger partial charge on any atom is 0.0611 e. The summed E-state index contributed by atoms with van der Waals surface area (Å²) in [5, 5.41) is 9.15. The van der Waals surface area contributed by atoms with Gasteiger partial charge in [0.1, 0.15) is 0 Å². The van der Waals surface area contributed by atoms with E-state index in [0.29, 0.717) is 0 Å². The minimum absolute atomic E-state index is 0.177. The van der Waals surface area contributed by atoms with Crippen LogP contribution >= 0.6 is 0 Å². The fourth-order valence-electron chi connectivity index (χ4n) is 2.56. The summed E-state index contributed by atoms with van der Waals surface area (Å²) in [6.45, 7) is 0.177. The third-order valence-electron chi connectivity index (χ3n) is 3.52. The molecule has 2 saturated carbocycles. The highest BCUT2D eigenvalue weighted by Crippen LogP contribution is 2.45. The summed E-state index contributed by atoms with van der Waals surface area (Å²) >= 11 is 0. The lowest BCUT2D eigenvalue weighted by molar-refractivity contribution is 0.121. The highest BCUT2D eigenvalue weighted by Gasteiger charge is 2.39. The van der Waals surface area contributed by atoms with E-state index in [-0.39, 0.29) is 12.1 Å². The minimum Gasteiger partial charge on any atom is -0.394 e. The van der Waals surface area contributed by atoms with Gasteiger partial charge in [-0.05, 0) is 37.5 Å². The zero-order chi connectivity index (χ0) is 8.60. The van der Waals surface area contributed by atoms with E-state index in [9.17, 15) is 0 Å². The van der Waals surface area contributed by atoms with Crippen LogP contribution in [-0.4, -0.2) is 17.3 Å². The monoisotopic (exact) mass is 169 g/mol. The molecule has 2 atom stereocenters. The molecule has 0 aromatic carbocycles. The third kappa shape index (κ3) is 1.64. The van der Waals surface area contributed by atoms with Crippen molar-refractivity contribution >= 4 is 0 Å². The van der Waals surface area contributed by atoms with Gasteiger partial charge in [-0.15, -0.1) is 0 Å². The molecule has 0 saturated heterocycles. The van der Waals surface area contributed by atoms with Gasteiger partial charge in [0.05, 0.1) is 6.61 Å². The lowest BCUT2D eigenvalue weighted by Crippen LogP contribution is -2.47. The quantitative estimate of drug-likeness (QED) is 0.654.